The molecular weight excluding hydrogens is 426 g/mol. The zero-order valence-electron chi connectivity index (χ0n) is 20.7. The zero-order valence-corrected chi connectivity index (χ0v) is 20.7. The molecule has 0 saturated heterocycles. The number of rotatable bonds is 10. The van der Waals surface area contributed by atoms with Crippen molar-refractivity contribution in [2.45, 2.75) is 66.5 Å². The summed E-state index contributed by atoms with van der Waals surface area (Å²) in [5.41, 5.74) is 1.85. The third-order valence-electron chi connectivity index (χ3n) is 4.50. The van der Waals surface area contributed by atoms with E-state index in [4.69, 9.17) is 9.47 Å². The highest BCUT2D eigenvalue weighted by Crippen LogP contribution is 2.24. The van der Waals surface area contributed by atoms with Crippen LogP contribution in [0, 0.1) is 13.8 Å². The van der Waals surface area contributed by atoms with Gasteiger partial charge in [0.25, 0.3) is 0 Å². The van der Waals surface area contributed by atoms with Crippen LogP contribution < -0.4 is 10.6 Å². The number of carbonyl (C=O) groups is 4. The van der Waals surface area contributed by atoms with Gasteiger partial charge < -0.3 is 25.0 Å². The SMILES string of the molecule is CCOC(=O)CCNC(=O)C(c1cc(C)cc(C)c1)N(CC)C(=O)CNC(=O)OC(C)(C)C. The van der Waals surface area contributed by atoms with E-state index in [1.54, 1.807) is 34.6 Å². The molecule has 0 bridgehead atoms. The average Bonchev–Trinajstić information content (AvgIpc) is 2.68. The van der Waals surface area contributed by atoms with Gasteiger partial charge in [-0.2, -0.15) is 0 Å². The molecule has 2 N–H and O–H groups in total. The number of nitrogens with zero attached hydrogens (tertiary/aromatic N) is 1. The molecule has 1 aromatic rings. The molecular formula is C24H37N3O6. The van der Waals surface area contributed by atoms with E-state index in [-0.39, 0.29) is 32.7 Å². The number of hydrogen-bond acceptors (Lipinski definition) is 6. The van der Waals surface area contributed by atoms with Crippen molar-refractivity contribution in [3.05, 3.63) is 34.9 Å². The fraction of sp³-hybridized carbons (Fsp3) is 0.583. The van der Waals surface area contributed by atoms with Gasteiger partial charge in [0.05, 0.1) is 13.0 Å². The standard InChI is InChI=1S/C24H37N3O6/c1-8-27(19(28)15-26-23(31)33-24(5,6)7)21(18-13-16(3)12-17(4)14-18)22(30)25-11-10-20(29)32-9-2/h12-14,21H,8-11,15H2,1-7H3,(H,25,30)(H,26,31). The minimum atomic E-state index is -0.927. The lowest BCUT2D eigenvalue weighted by molar-refractivity contribution is -0.143. The van der Waals surface area contributed by atoms with Gasteiger partial charge in [-0.1, -0.05) is 29.3 Å². The Kier molecular flexibility index (Phi) is 10.8. The Morgan fingerprint density at radius 1 is 1.00 bits per heavy atom. The van der Waals surface area contributed by atoms with Crippen LogP contribution in [-0.4, -0.2) is 60.6 Å². The van der Waals surface area contributed by atoms with E-state index in [0.717, 1.165) is 11.1 Å². The summed E-state index contributed by atoms with van der Waals surface area (Å²) in [6, 6.07) is 4.74. The smallest absolute Gasteiger partial charge is 0.408 e. The summed E-state index contributed by atoms with van der Waals surface area (Å²) in [5.74, 6) is -1.27. The third kappa shape index (κ3) is 9.93. The lowest BCUT2D eigenvalue weighted by Gasteiger charge is -2.31. The summed E-state index contributed by atoms with van der Waals surface area (Å²) in [4.78, 5) is 51.1. The lowest BCUT2D eigenvalue weighted by Crippen LogP contribution is -2.48. The minimum Gasteiger partial charge on any atom is -0.466 e. The topological polar surface area (TPSA) is 114 Å². The molecule has 0 aliphatic carbocycles. The van der Waals surface area contributed by atoms with E-state index in [2.05, 4.69) is 10.6 Å². The summed E-state index contributed by atoms with van der Waals surface area (Å²) in [6.45, 7) is 12.7. The molecule has 184 valence electrons. The summed E-state index contributed by atoms with van der Waals surface area (Å²) >= 11 is 0. The second-order valence-electron chi connectivity index (χ2n) is 8.70. The molecule has 0 aliphatic rings. The number of likely N-dealkylation sites (N-methyl/N-ethyl adjacent to an activating group) is 1. The Morgan fingerprint density at radius 2 is 1.61 bits per heavy atom. The first-order valence-electron chi connectivity index (χ1n) is 11.2. The van der Waals surface area contributed by atoms with Crippen molar-refractivity contribution in [1.29, 1.82) is 0 Å². The predicted molar refractivity (Wildman–Crippen MR) is 125 cm³/mol. The molecule has 0 aromatic heterocycles. The number of amides is 3. The molecule has 9 heteroatoms. The quantitative estimate of drug-likeness (QED) is 0.516. The molecule has 0 saturated carbocycles. The van der Waals surface area contributed by atoms with Gasteiger partial charge in [-0.25, -0.2) is 4.79 Å². The third-order valence-corrected chi connectivity index (χ3v) is 4.50. The van der Waals surface area contributed by atoms with Gasteiger partial charge >= 0.3 is 12.1 Å². The number of benzene rings is 1. The number of esters is 1. The van der Waals surface area contributed by atoms with Crippen LogP contribution in [0.3, 0.4) is 0 Å². The first-order valence-corrected chi connectivity index (χ1v) is 11.2. The molecule has 0 spiro atoms. The summed E-state index contributed by atoms with van der Waals surface area (Å²) in [5, 5.41) is 5.18. The van der Waals surface area contributed by atoms with Crippen molar-refractivity contribution in [2.24, 2.45) is 0 Å². The van der Waals surface area contributed by atoms with E-state index in [0.29, 0.717) is 5.56 Å². The first kappa shape index (κ1) is 27.9. The van der Waals surface area contributed by atoms with Crippen molar-refractivity contribution < 1.29 is 28.7 Å². The highest BCUT2D eigenvalue weighted by molar-refractivity contribution is 5.90. The maximum atomic E-state index is 13.2. The van der Waals surface area contributed by atoms with Gasteiger partial charge in [0.15, 0.2) is 0 Å². The van der Waals surface area contributed by atoms with Crippen molar-refractivity contribution in [3.8, 4) is 0 Å². The van der Waals surface area contributed by atoms with E-state index in [1.165, 1.54) is 4.90 Å². The predicted octanol–water partition coefficient (Wildman–Crippen LogP) is 2.79. The van der Waals surface area contributed by atoms with Gasteiger partial charge in [0.1, 0.15) is 18.2 Å². The normalized spacial score (nSPS) is 11.8. The van der Waals surface area contributed by atoms with Gasteiger partial charge in [0, 0.05) is 13.1 Å². The molecule has 33 heavy (non-hydrogen) atoms. The summed E-state index contributed by atoms with van der Waals surface area (Å²) < 4.78 is 10.1. The van der Waals surface area contributed by atoms with Gasteiger partial charge in [-0.3, -0.25) is 14.4 Å². The van der Waals surface area contributed by atoms with E-state index in [9.17, 15) is 19.2 Å². The Balaban J connectivity index is 3.06. The lowest BCUT2D eigenvalue weighted by atomic mass is 9.99. The molecule has 0 aliphatic heterocycles. The second-order valence-corrected chi connectivity index (χ2v) is 8.70. The summed E-state index contributed by atoms with van der Waals surface area (Å²) in [6.07, 6.45) is -0.687. The van der Waals surface area contributed by atoms with Crippen molar-refractivity contribution in [2.75, 3.05) is 26.2 Å². The van der Waals surface area contributed by atoms with Crippen molar-refractivity contribution >= 4 is 23.9 Å². The maximum Gasteiger partial charge on any atom is 0.408 e. The molecule has 9 nitrogen and oxygen atoms in total. The molecule has 3 amide bonds. The van der Waals surface area contributed by atoms with Crippen LogP contribution in [-0.2, 0) is 23.9 Å². The van der Waals surface area contributed by atoms with Crippen LogP contribution in [0.2, 0.25) is 0 Å². The van der Waals surface area contributed by atoms with Crippen LogP contribution in [0.1, 0.15) is 63.8 Å². The number of hydrogen-bond donors (Lipinski definition) is 2. The van der Waals surface area contributed by atoms with Crippen molar-refractivity contribution in [3.63, 3.8) is 0 Å². The molecule has 1 unspecified atom stereocenters. The monoisotopic (exact) mass is 463 g/mol. The number of alkyl carbamates (subject to hydrolysis) is 1. The molecule has 1 aromatic carbocycles. The van der Waals surface area contributed by atoms with Crippen LogP contribution in [0.25, 0.3) is 0 Å². The Labute approximate surface area is 196 Å². The Morgan fingerprint density at radius 3 is 2.12 bits per heavy atom. The maximum absolute atomic E-state index is 13.2. The first-order chi connectivity index (χ1) is 15.4. The van der Waals surface area contributed by atoms with Crippen LogP contribution >= 0.6 is 0 Å². The number of carbonyl (C=O) groups excluding carboxylic acids is 4. The molecule has 0 fully saturated rings. The van der Waals surface area contributed by atoms with Crippen LogP contribution in [0.5, 0.6) is 0 Å². The fourth-order valence-electron chi connectivity index (χ4n) is 3.32. The summed E-state index contributed by atoms with van der Waals surface area (Å²) in [7, 11) is 0. The highest BCUT2D eigenvalue weighted by atomic mass is 16.6. The highest BCUT2D eigenvalue weighted by Gasteiger charge is 2.31. The Bertz CT molecular complexity index is 827. The second kappa shape index (κ2) is 12.8. The molecule has 1 rings (SSSR count). The fourth-order valence-corrected chi connectivity index (χ4v) is 3.32. The van der Waals surface area contributed by atoms with Crippen LogP contribution in [0.4, 0.5) is 4.79 Å². The minimum absolute atomic E-state index is 0.0272. The van der Waals surface area contributed by atoms with E-state index in [1.807, 2.05) is 32.0 Å². The number of ether oxygens (including phenoxy) is 2. The zero-order chi connectivity index (χ0) is 25.2. The van der Waals surface area contributed by atoms with Crippen LogP contribution in [0.15, 0.2) is 18.2 Å². The average molecular weight is 464 g/mol. The molecule has 0 radical (unpaired) electrons. The molecule has 0 heterocycles. The van der Waals surface area contributed by atoms with Gasteiger partial charge in [-0.05, 0) is 54.0 Å². The largest absolute Gasteiger partial charge is 0.466 e. The van der Waals surface area contributed by atoms with Crippen molar-refractivity contribution in [1.82, 2.24) is 15.5 Å². The number of nitrogens with one attached hydrogen (secondary N) is 2. The van der Waals surface area contributed by atoms with E-state index >= 15 is 0 Å². The van der Waals surface area contributed by atoms with Gasteiger partial charge in [0.2, 0.25) is 11.8 Å². The van der Waals surface area contributed by atoms with E-state index < -0.39 is 35.5 Å². The molecule has 1 atom stereocenters. The Hall–Kier alpha value is -3.10. The number of aryl methyl sites for hydroxylation is 2. The van der Waals surface area contributed by atoms with Gasteiger partial charge in [-0.15, -0.1) is 0 Å².